The summed E-state index contributed by atoms with van der Waals surface area (Å²) in [6.07, 6.45) is 0. The molecular weight excluding hydrogens is 427 g/mol. The zero-order valence-electron chi connectivity index (χ0n) is 17.2. The zero-order chi connectivity index (χ0) is 20.3. The molecule has 0 amide bonds. The van der Waals surface area contributed by atoms with E-state index in [1.807, 2.05) is 56.0 Å². The first-order valence-corrected chi connectivity index (χ1v) is 8.98. The Morgan fingerprint density at radius 3 is 2.03 bits per heavy atom. The lowest BCUT2D eigenvalue weighted by atomic mass is 10.1. The number of hydrogen-bond donors (Lipinski definition) is 3. The van der Waals surface area contributed by atoms with Crippen LogP contribution in [0.5, 0.6) is 11.5 Å². The highest BCUT2D eigenvalue weighted by Crippen LogP contribution is 2.32. The third-order valence-corrected chi connectivity index (χ3v) is 4.30. The maximum Gasteiger partial charge on any atom is 0.220 e. The maximum absolute atomic E-state index is 6.11. The number of benzene rings is 2. The van der Waals surface area contributed by atoms with Crippen LogP contribution in [0.25, 0.3) is 0 Å². The first-order chi connectivity index (χ1) is 13.3. The minimum absolute atomic E-state index is 0. The van der Waals surface area contributed by atoms with Crippen LogP contribution in [0.2, 0.25) is 0 Å². The first-order valence-electron chi connectivity index (χ1n) is 8.98. The summed E-state index contributed by atoms with van der Waals surface area (Å²) in [7, 11) is 0. The van der Waals surface area contributed by atoms with Gasteiger partial charge in [-0.25, -0.2) is 4.99 Å². The molecule has 6 N–H and O–H groups in total. The molecule has 10 heteroatoms. The molecule has 0 atom stereocenters. The Labute approximate surface area is 189 Å². The van der Waals surface area contributed by atoms with Gasteiger partial charge in [0.05, 0.1) is 0 Å². The van der Waals surface area contributed by atoms with Crippen molar-refractivity contribution in [1.82, 2.24) is 0 Å². The van der Waals surface area contributed by atoms with Gasteiger partial charge >= 0.3 is 0 Å². The second-order valence-corrected chi connectivity index (χ2v) is 6.98. The van der Waals surface area contributed by atoms with Gasteiger partial charge in [0, 0.05) is 11.4 Å². The van der Waals surface area contributed by atoms with E-state index in [9.17, 15) is 0 Å². The molecule has 0 spiro atoms. The van der Waals surface area contributed by atoms with Crippen molar-refractivity contribution in [3.63, 3.8) is 0 Å². The van der Waals surface area contributed by atoms with Crippen molar-refractivity contribution in [1.29, 1.82) is 0 Å². The molecule has 30 heavy (non-hydrogen) atoms. The van der Waals surface area contributed by atoms with E-state index >= 15 is 0 Å². The minimum Gasteiger partial charge on any atom is -0.490 e. The van der Waals surface area contributed by atoms with E-state index in [2.05, 4.69) is 9.98 Å². The van der Waals surface area contributed by atoms with Gasteiger partial charge in [-0.05, 0) is 68.8 Å². The molecule has 2 aromatic carbocycles. The van der Waals surface area contributed by atoms with Crippen molar-refractivity contribution in [2.75, 3.05) is 23.8 Å². The number of rotatable bonds is 6. The Hall–Kier alpha value is -2.84. The van der Waals surface area contributed by atoms with Crippen LogP contribution in [-0.2, 0) is 0 Å². The number of ether oxygens (including phenoxy) is 2. The second kappa shape index (κ2) is 10.3. The molecule has 0 fully saturated rings. The van der Waals surface area contributed by atoms with Crippen molar-refractivity contribution in [3.8, 4) is 11.5 Å². The number of aliphatic imine (C=N–C) groups is 2. The molecule has 164 valence electrons. The summed E-state index contributed by atoms with van der Waals surface area (Å²) in [5.74, 6) is 1.99. The van der Waals surface area contributed by atoms with Gasteiger partial charge < -0.3 is 26.7 Å². The van der Waals surface area contributed by atoms with Crippen LogP contribution in [0.3, 0.4) is 0 Å². The number of nitrogens with two attached hydrogens (primary N) is 3. The number of nitrogens with zero attached hydrogens (tertiary/aromatic N) is 3. The molecule has 0 bridgehead atoms. The number of halogens is 2. The topological polar surface area (TPSA) is 124 Å². The van der Waals surface area contributed by atoms with Gasteiger partial charge in [0.15, 0.2) is 0 Å². The van der Waals surface area contributed by atoms with E-state index in [0.29, 0.717) is 24.9 Å². The van der Waals surface area contributed by atoms with Gasteiger partial charge in [-0.3, -0.25) is 4.90 Å². The molecular formula is C20H28Cl2N6O2. The van der Waals surface area contributed by atoms with Crippen molar-refractivity contribution in [2.45, 2.75) is 26.4 Å². The standard InChI is InChI=1S/C20H26N6O2.2ClH/c1-13-12-16(28-11-10-27-15-6-4-14(21)5-7-15)8-9-17(13)26-19(23)24-18(22)25-20(26,2)3;;/h4-9,12H,10-11,21H2,1-3H3,(H4,22,23,24,25);2*1H. The Morgan fingerprint density at radius 1 is 0.900 bits per heavy atom. The van der Waals surface area contributed by atoms with E-state index in [1.165, 1.54) is 0 Å². The van der Waals surface area contributed by atoms with Crippen molar-refractivity contribution in [2.24, 2.45) is 21.5 Å². The van der Waals surface area contributed by atoms with Crippen molar-refractivity contribution < 1.29 is 9.47 Å². The number of anilines is 2. The van der Waals surface area contributed by atoms with Crippen LogP contribution in [0, 0.1) is 6.92 Å². The van der Waals surface area contributed by atoms with Crippen LogP contribution < -0.4 is 31.6 Å². The van der Waals surface area contributed by atoms with E-state index < -0.39 is 5.66 Å². The average Bonchev–Trinajstić information content (AvgIpc) is 2.60. The highest BCUT2D eigenvalue weighted by Gasteiger charge is 2.33. The van der Waals surface area contributed by atoms with Gasteiger partial charge in [-0.1, -0.05) is 0 Å². The van der Waals surface area contributed by atoms with Crippen LogP contribution in [0.15, 0.2) is 52.4 Å². The lowest BCUT2D eigenvalue weighted by molar-refractivity contribution is 0.217. The van der Waals surface area contributed by atoms with E-state index in [4.69, 9.17) is 26.7 Å². The molecule has 2 aromatic rings. The molecule has 1 aliphatic rings. The van der Waals surface area contributed by atoms with Crippen LogP contribution >= 0.6 is 24.8 Å². The first kappa shape index (κ1) is 25.2. The molecule has 0 unspecified atom stereocenters. The highest BCUT2D eigenvalue weighted by atomic mass is 35.5. The normalized spacial score (nSPS) is 14.6. The predicted octanol–water partition coefficient (Wildman–Crippen LogP) is 3.06. The zero-order valence-corrected chi connectivity index (χ0v) is 18.8. The Balaban J connectivity index is 0.00000225. The smallest absolute Gasteiger partial charge is 0.220 e. The Kier molecular flexibility index (Phi) is 8.62. The Bertz CT molecular complexity index is 916. The third kappa shape index (κ3) is 5.84. The molecule has 0 saturated heterocycles. The second-order valence-electron chi connectivity index (χ2n) is 6.98. The molecule has 8 nitrogen and oxygen atoms in total. The fraction of sp³-hybridized carbons (Fsp3) is 0.300. The van der Waals surface area contributed by atoms with Gasteiger partial charge in [0.1, 0.15) is 30.4 Å². The van der Waals surface area contributed by atoms with E-state index in [-0.39, 0.29) is 30.8 Å². The average molecular weight is 455 g/mol. The van der Waals surface area contributed by atoms with Crippen LogP contribution in [0.1, 0.15) is 19.4 Å². The van der Waals surface area contributed by atoms with Crippen molar-refractivity contribution >= 4 is 48.1 Å². The largest absolute Gasteiger partial charge is 0.490 e. The van der Waals surface area contributed by atoms with Crippen LogP contribution in [-0.4, -0.2) is 30.8 Å². The van der Waals surface area contributed by atoms with Crippen LogP contribution in [0.4, 0.5) is 11.4 Å². The Morgan fingerprint density at radius 2 is 1.47 bits per heavy atom. The predicted molar refractivity (Wildman–Crippen MR) is 127 cm³/mol. The summed E-state index contributed by atoms with van der Waals surface area (Å²) in [6, 6.07) is 13.0. The van der Waals surface area contributed by atoms with E-state index in [1.54, 1.807) is 12.1 Å². The summed E-state index contributed by atoms with van der Waals surface area (Å²) in [5.41, 5.74) is 19.5. The van der Waals surface area contributed by atoms with Gasteiger partial charge in [-0.15, -0.1) is 24.8 Å². The third-order valence-electron chi connectivity index (χ3n) is 4.30. The molecule has 0 aliphatic carbocycles. The summed E-state index contributed by atoms with van der Waals surface area (Å²) in [5, 5.41) is 0. The molecule has 1 heterocycles. The maximum atomic E-state index is 6.11. The molecule has 0 saturated carbocycles. The number of aryl methyl sites for hydroxylation is 1. The van der Waals surface area contributed by atoms with E-state index in [0.717, 1.165) is 22.7 Å². The van der Waals surface area contributed by atoms with Gasteiger partial charge in [-0.2, -0.15) is 4.99 Å². The van der Waals surface area contributed by atoms with Gasteiger partial charge in [0.25, 0.3) is 0 Å². The quantitative estimate of drug-likeness (QED) is 0.454. The summed E-state index contributed by atoms with van der Waals surface area (Å²) in [6.45, 7) is 6.69. The highest BCUT2D eigenvalue weighted by molar-refractivity contribution is 6.05. The molecule has 3 rings (SSSR count). The monoisotopic (exact) mass is 454 g/mol. The molecule has 1 aliphatic heterocycles. The van der Waals surface area contributed by atoms with Crippen molar-refractivity contribution in [3.05, 3.63) is 48.0 Å². The number of guanidine groups is 2. The SMILES string of the molecule is Cc1cc(OCCOc2ccc(N)cc2)ccc1N1C(N)=NC(N)=NC1(C)C.Cl.Cl. The lowest BCUT2D eigenvalue weighted by Crippen LogP contribution is -2.54. The fourth-order valence-electron chi connectivity index (χ4n) is 3.07. The number of nitrogen functional groups attached to an aromatic ring is 1. The summed E-state index contributed by atoms with van der Waals surface area (Å²) < 4.78 is 11.4. The summed E-state index contributed by atoms with van der Waals surface area (Å²) >= 11 is 0. The minimum atomic E-state index is -0.629. The lowest BCUT2D eigenvalue weighted by Gasteiger charge is -2.39. The van der Waals surface area contributed by atoms with Gasteiger partial charge in [0.2, 0.25) is 11.9 Å². The fourth-order valence-corrected chi connectivity index (χ4v) is 3.07. The molecule has 0 radical (unpaired) electrons. The molecule has 0 aromatic heterocycles. The summed E-state index contributed by atoms with van der Waals surface area (Å²) in [4.78, 5) is 10.3. The number of hydrogen-bond acceptors (Lipinski definition) is 8.